The monoisotopic (exact) mass is 168 g/mol. The van der Waals surface area contributed by atoms with E-state index in [2.05, 4.69) is 0 Å². The van der Waals surface area contributed by atoms with Crippen molar-refractivity contribution in [1.29, 1.82) is 0 Å². The molecule has 12 heavy (non-hydrogen) atoms. The average Bonchev–Trinajstić information content (AvgIpc) is 2.54. The maximum absolute atomic E-state index is 11.3. The maximum atomic E-state index is 11.3. The summed E-state index contributed by atoms with van der Waals surface area (Å²) in [4.78, 5) is 11.3. The van der Waals surface area contributed by atoms with Gasteiger partial charge in [0.15, 0.2) is 0 Å². The molecule has 3 saturated carbocycles. The number of ether oxygens (including phenoxy) is 2. The first-order chi connectivity index (χ1) is 5.77. The Balaban J connectivity index is 1.81. The van der Waals surface area contributed by atoms with Crippen molar-refractivity contribution in [1.82, 2.24) is 0 Å². The molecule has 1 saturated heterocycles. The van der Waals surface area contributed by atoms with Gasteiger partial charge in [0.05, 0.1) is 25.2 Å². The van der Waals surface area contributed by atoms with Crippen molar-refractivity contribution in [2.75, 3.05) is 13.7 Å². The zero-order chi connectivity index (χ0) is 8.34. The molecule has 0 aromatic carbocycles. The van der Waals surface area contributed by atoms with Crippen LogP contribution in [0.5, 0.6) is 0 Å². The first-order valence-electron chi connectivity index (χ1n) is 4.49. The minimum Gasteiger partial charge on any atom is -0.469 e. The van der Waals surface area contributed by atoms with Crippen molar-refractivity contribution >= 4 is 5.97 Å². The molecule has 1 spiro atoms. The highest BCUT2D eigenvalue weighted by Crippen LogP contribution is 2.65. The molecule has 4 rings (SSSR count). The number of epoxide rings is 1. The smallest absolute Gasteiger partial charge is 0.309 e. The topological polar surface area (TPSA) is 38.8 Å². The minimum absolute atomic E-state index is 0.0244. The summed E-state index contributed by atoms with van der Waals surface area (Å²) in [5.41, 5.74) is 0.128. The van der Waals surface area contributed by atoms with Gasteiger partial charge in [-0.05, 0) is 18.8 Å². The van der Waals surface area contributed by atoms with E-state index in [0.717, 1.165) is 13.0 Å². The van der Waals surface area contributed by atoms with Gasteiger partial charge in [-0.2, -0.15) is 0 Å². The molecule has 4 aliphatic rings. The Morgan fingerprint density at radius 3 is 2.92 bits per heavy atom. The Morgan fingerprint density at radius 2 is 2.42 bits per heavy atom. The van der Waals surface area contributed by atoms with Gasteiger partial charge in [0.25, 0.3) is 0 Å². The summed E-state index contributed by atoms with van der Waals surface area (Å²) in [6.45, 7) is 0.877. The zero-order valence-corrected chi connectivity index (χ0v) is 7.08. The number of hydrogen-bond acceptors (Lipinski definition) is 3. The second-order valence-corrected chi connectivity index (χ2v) is 4.21. The van der Waals surface area contributed by atoms with Gasteiger partial charge in [-0.1, -0.05) is 0 Å². The second-order valence-electron chi connectivity index (χ2n) is 4.21. The number of rotatable bonds is 1. The van der Waals surface area contributed by atoms with Crippen LogP contribution in [-0.2, 0) is 14.3 Å². The maximum Gasteiger partial charge on any atom is 0.309 e. The van der Waals surface area contributed by atoms with Crippen LogP contribution in [0.4, 0.5) is 0 Å². The lowest BCUT2D eigenvalue weighted by Gasteiger charge is -2.33. The van der Waals surface area contributed by atoms with Crippen molar-refractivity contribution in [2.45, 2.75) is 18.4 Å². The zero-order valence-electron chi connectivity index (χ0n) is 7.08. The third-order valence-corrected chi connectivity index (χ3v) is 3.77. The number of esters is 1. The van der Waals surface area contributed by atoms with E-state index in [9.17, 15) is 4.79 Å². The van der Waals surface area contributed by atoms with E-state index in [1.165, 1.54) is 13.5 Å². The number of methoxy groups -OCH3 is 1. The van der Waals surface area contributed by atoms with Crippen molar-refractivity contribution in [3.05, 3.63) is 0 Å². The van der Waals surface area contributed by atoms with Gasteiger partial charge < -0.3 is 9.47 Å². The van der Waals surface area contributed by atoms with Gasteiger partial charge in [0, 0.05) is 5.92 Å². The highest BCUT2D eigenvalue weighted by molar-refractivity contribution is 5.75. The van der Waals surface area contributed by atoms with Crippen LogP contribution in [-0.4, -0.2) is 25.3 Å². The molecule has 3 nitrogen and oxygen atoms in total. The lowest BCUT2D eigenvalue weighted by atomic mass is 9.71. The number of carbonyl (C=O) groups excluding carboxylic acids is 1. The fourth-order valence-electron chi connectivity index (χ4n) is 3.02. The van der Waals surface area contributed by atoms with Crippen molar-refractivity contribution in [3.8, 4) is 0 Å². The van der Waals surface area contributed by atoms with E-state index in [0.29, 0.717) is 11.8 Å². The van der Waals surface area contributed by atoms with Crippen LogP contribution in [0.2, 0.25) is 0 Å². The molecular weight excluding hydrogens is 156 g/mol. The molecule has 1 heterocycles. The Bertz CT molecular complexity index is 244. The van der Waals surface area contributed by atoms with Gasteiger partial charge in [-0.3, -0.25) is 4.79 Å². The van der Waals surface area contributed by atoms with Crippen molar-refractivity contribution < 1.29 is 14.3 Å². The molecule has 1 aliphatic heterocycles. The quantitative estimate of drug-likeness (QED) is 0.425. The van der Waals surface area contributed by atoms with Crippen LogP contribution in [0.3, 0.4) is 0 Å². The molecule has 4 atom stereocenters. The van der Waals surface area contributed by atoms with Crippen LogP contribution in [0.15, 0.2) is 0 Å². The molecule has 2 bridgehead atoms. The highest BCUT2D eigenvalue weighted by Gasteiger charge is 2.70. The molecule has 0 N–H and O–H groups in total. The summed E-state index contributed by atoms with van der Waals surface area (Å²) < 4.78 is 10.2. The van der Waals surface area contributed by atoms with Crippen LogP contribution < -0.4 is 0 Å². The molecule has 4 fully saturated rings. The normalized spacial score (nSPS) is 53.6. The molecule has 0 aromatic rings. The Morgan fingerprint density at radius 1 is 1.67 bits per heavy atom. The average molecular weight is 168 g/mol. The predicted octanol–water partition coefficient (Wildman–Crippen LogP) is 0.584. The summed E-state index contributed by atoms with van der Waals surface area (Å²) in [5, 5.41) is 0. The molecule has 66 valence electrons. The van der Waals surface area contributed by atoms with Crippen LogP contribution >= 0.6 is 0 Å². The fourth-order valence-corrected chi connectivity index (χ4v) is 3.02. The Hall–Kier alpha value is -0.570. The van der Waals surface area contributed by atoms with Gasteiger partial charge >= 0.3 is 5.97 Å². The molecular formula is C9H12O3. The summed E-state index contributed by atoms with van der Waals surface area (Å²) in [6.07, 6.45) is 2.28. The first kappa shape index (κ1) is 6.89. The predicted molar refractivity (Wildman–Crippen MR) is 40.4 cm³/mol. The third kappa shape index (κ3) is 0.600. The molecule has 0 aromatic heterocycles. The lowest BCUT2D eigenvalue weighted by Crippen LogP contribution is -2.38. The van der Waals surface area contributed by atoms with E-state index in [4.69, 9.17) is 9.47 Å². The summed E-state index contributed by atoms with van der Waals surface area (Å²) in [7, 11) is 1.47. The molecule has 3 aliphatic carbocycles. The standard InChI is InChI=1S/C9H12O3/c1-11-8(10)7-5-2-6(7)9(3-5)4-12-9/h5-7H,2-4H2,1H3/t5-,6-,7-,9-/m1/s1. The molecule has 0 amide bonds. The second kappa shape index (κ2) is 1.84. The molecule has 0 radical (unpaired) electrons. The largest absolute Gasteiger partial charge is 0.469 e. The summed E-state index contributed by atoms with van der Waals surface area (Å²) >= 11 is 0. The van der Waals surface area contributed by atoms with Crippen molar-refractivity contribution in [2.24, 2.45) is 17.8 Å². The third-order valence-electron chi connectivity index (χ3n) is 3.77. The number of hydrogen-bond donors (Lipinski definition) is 0. The van der Waals surface area contributed by atoms with Crippen LogP contribution in [0.25, 0.3) is 0 Å². The minimum atomic E-state index is -0.0244. The van der Waals surface area contributed by atoms with Crippen molar-refractivity contribution in [3.63, 3.8) is 0 Å². The van der Waals surface area contributed by atoms with Gasteiger partial charge in [-0.15, -0.1) is 0 Å². The van der Waals surface area contributed by atoms with Gasteiger partial charge in [0.1, 0.15) is 0 Å². The van der Waals surface area contributed by atoms with Gasteiger partial charge in [-0.25, -0.2) is 0 Å². The van der Waals surface area contributed by atoms with E-state index in [-0.39, 0.29) is 17.5 Å². The van der Waals surface area contributed by atoms with E-state index in [1.807, 2.05) is 0 Å². The summed E-state index contributed by atoms with van der Waals surface area (Å²) in [6, 6.07) is 0. The molecule has 0 unspecified atom stereocenters. The number of carbonyl (C=O) groups is 1. The van der Waals surface area contributed by atoms with E-state index < -0.39 is 0 Å². The SMILES string of the molecule is COC(=O)[C@@H]1[C@@H]2C[C@H]1[C@]1(CO1)C2. The summed E-state index contributed by atoms with van der Waals surface area (Å²) in [5.74, 6) is 1.18. The van der Waals surface area contributed by atoms with Crippen LogP contribution in [0, 0.1) is 17.8 Å². The molecule has 3 heteroatoms. The lowest BCUT2D eigenvalue weighted by molar-refractivity contribution is -0.153. The highest BCUT2D eigenvalue weighted by atomic mass is 16.6. The Kier molecular flexibility index (Phi) is 1.06. The van der Waals surface area contributed by atoms with E-state index in [1.54, 1.807) is 0 Å². The Labute approximate surface area is 71.0 Å². The fraction of sp³-hybridized carbons (Fsp3) is 0.889. The van der Waals surface area contributed by atoms with Crippen LogP contribution in [0.1, 0.15) is 12.8 Å². The first-order valence-corrected chi connectivity index (χ1v) is 4.49. The van der Waals surface area contributed by atoms with Gasteiger partial charge in [0.2, 0.25) is 0 Å². The van der Waals surface area contributed by atoms with E-state index >= 15 is 0 Å².